The highest BCUT2D eigenvalue weighted by Gasteiger charge is 2.21. The predicted octanol–water partition coefficient (Wildman–Crippen LogP) is 4.88. The smallest absolute Gasteiger partial charge is 0.274 e. The molecule has 1 aliphatic heterocycles. The summed E-state index contributed by atoms with van der Waals surface area (Å²) in [6, 6.07) is 14.5. The lowest BCUT2D eigenvalue weighted by molar-refractivity contribution is -0.119. The van der Waals surface area contributed by atoms with Gasteiger partial charge in [0.1, 0.15) is 5.69 Å². The lowest BCUT2D eigenvalue weighted by atomic mass is 10.1. The summed E-state index contributed by atoms with van der Waals surface area (Å²) in [4.78, 5) is 38.0. The van der Waals surface area contributed by atoms with Crippen LogP contribution < -0.4 is 26.0 Å². The fourth-order valence-corrected chi connectivity index (χ4v) is 5.61. The van der Waals surface area contributed by atoms with Crippen LogP contribution in [-0.4, -0.2) is 66.7 Å². The van der Waals surface area contributed by atoms with Gasteiger partial charge in [0.05, 0.1) is 40.8 Å². The number of aromatic nitrogens is 3. The molecule has 0 spiro atoms. The number of rotatable bonds is 14. The van der Waals surface area contributed by atoms with Gasteiger partial charge in [0.15, 0.2) is 0 Å². The number of pyridine rings is 3. The van der Waals surface area contributed by atoms with Crippen molar-refractivity contribution >= 4 is 40.7 Å². The standard InChI is InChI=1S/C33H35Cl2N7O4/c1-45-15-14-36-16-20-6-9-27(39-17-20)32(44)41-26-5-3-4-24(29(26)34)31-30(35)23(12-13-38-31)25-10-7-21(33(42-25)46-2)18-37-19-22-8-11-28(43)40-22/h3-7,9-10,12-13,17,22,36-37H,8,11,14-16,18-19H2,1-2H3,(H,40,43)(H,41,44). The van der Waals surface area contributed by atoms with Crippen LogP contribution in [0.5, 0.6) is 5.88 Å². The number of nitrogens with zero attached hydrogens (tertiary/aromatic N) is 3. The number of amides is 2. The third-order valence-corrected chi connectivity index (χ3v) is 8.25. The molecule has 46 heavy (non-hydrogen) atoms. The molecule has 1 unspecified atom stereocenters. The minimum absolute atomic E-state index is 0.0862. The number of methoxy groups -OCH3 is 2. The number of hydrogen-bond acceptors (Lipinski definition) is 9. The first-order chi connectivity index (χ1) is 22.4. The fraction of sp³-hybridized carbons (Fsp3) is 0.303. The van der Waals surface area contributed by atoms with Crippen molar-refractivity contribution in [3.8, 4) is 28.4 Å². The highest BCUT2D eigenvalue weighted by molar-refractivity contribution is 6.39. The number of carbonyl (C=O) groups excluding carboxylic acids is 2. The average Bonchev–Trinajstić information content (AvgIpc) is 3.49. The highest BCUT2D eigenvalue weighted by Crippen LogP contribution is 2.40. The minimum atomic E-state index is -0.399. The van der Waals surface area contributed by atoms with E-state index in [4.69, 9.17) is 37.7 Å². The second-order valence-electron chi connectivity index (χ2n) is 10.7. The van der Waals surface area contributed by atoms with Crippen LogP contribution in [0.15, 0.2) is 60.9 Å². The van der Waals surface area contributed by atoms with Crippen LogP contribution in [0.3, 0.4) is 0 Å². The van der Waals surface area contributed by atoms with E-state index in [0.29, 0.717) is 78.3 Å². The Morgan fingerprint density at radius 2 is 1.87 bits per heavy atom. The molecule has 1 saturated heterocycles. The Kier molecular flexibility index (Phi) is 11.5. The van der Waals surface area contributed by atoms with Crippen LogP contribution in [-0.2, 0) is 22.6 Å². The van der Waals surface area contributed by atoms with Crippen molar-refractivity contribution in [1.29, 1.82) is 0 Å². The molecular weight excluding hydrogens is 629 g/mol. The summed E-state index contributed by atoms with van der Waals surface area (Å²) in [7, 11) is 3.22. The van der Waals surface area contributed by atoms with Crippen molar-refractivity contribution in [3.05, 3.63) is 87.8 Å². The minimum Gasteiger partial charge on any atom is -0.481 e. The maximum Gasteiger partial charge on any atom is 0.274 e. The van der Waals surface area contributed by atoms with Gasteiger partial charge in [-0.25, -0.2) is 4.98 Å². The van der Waals surface area contributed by atoms with Crippen LogP contribution >= 0.6 is 23.2 Å². The predicted molar refractivity (Wildman–Crippen MR) is 178 cm³/mol. The lowest BCUT2D eigenvalue weighted by Crippen LogP contribution is -2.35. The summed E-state index contributed by atoms with van der Waals surface area (Å²) in [5, 5.41) is 13.0. The third kappa shape index (κ3) is 8.17. The molecule has 4 aromatic rings. The molecule has 4 heterocycles. The molecule has 1 aliphatic rings. The quantitative estimate of drug-likeness (QED) is 0.139. The summed E-state index contributed by atoms with van der Waals surface area (Å²) in [6.07, 6.45) is 4.67. The summed E-state index contributed by atoms with van der Waals surface area (Å²) in [5.41, 5.74) is 4.69. The van der Waals surface area contributed by atoms with Crippen molar-refractivity contribution in [2.45, 2.75) is 32.0 Å². The Hall–Kier alpha value is -4.13. The molecule has 1 atom stereocenters. The SMILES string of the molecule is COCCNCc1ccc(C(=O)Nc2cccc(-c3nccc(-c4ccc(CNCC5CCC(=O)N5)c(OC)n4)c3Cl)c2Cl)nc1. The molecule has 11 nitrogen and oxygen atoms in total. The zero-order chi connectivity index (χ0) is 32.5. The summed E-state index contributed by atoms with van der Waals surface area (Å²) in [5.74, 6) is 0.148. The monoisotopic (exact) mass is 663 g/mol. The lowest BCUT2D eigenvalue weighted by Gasteiger charge is -2.15. The molecule has 5 rings (SSSR count). The van der Waals surface area contributed by atoms with Crippen molar-refractivity contribution in [2.75, 3.05) is 39.2 Å². The van der Waals surface area contributed by atoms with E-state index in [-0.39, 0.29) is 22.7 Å². The zero-order valence-electron chi connectivity index (χ0n) is 25.5. The van der Waals surface area contributed by atoms with Crippen molar-refractivity contribution in [3.63, 3.8) is 0 Å². The van der Waals surface area contributed by atoms with E-state index in [1.807, 2.05) is 18.2 Å². The second kappa shape index (κ2) is 15.9. The molecule has 240 valence electrons. The number of halogens is 2. The highest BCUT2D eigenvalue weighted by atomic mass is 35.5. The Morgan fingerprint density at radius 3 is 2.61 bits per heavy atom. The van der Waals surface area contributed by atoms with Gasteiger partial charge in [0.2, 0.25) is 11.8 Å². The first-order valence-corrected chi connectivity index (χ1v) is 15.6. The number of carbonyl (C=O) groups is 2. The second-order valence-corrected chi connectivity index (χ2v) is 11.4. The zero-order valence-corrected chi connectivity index (χ0v) is 27.0. The summed E-state index contributed by atoms with van der Waals surface area (Å²) < 4.78 is 10.6. The van der Waals surface area contributed by atoms with Gasteiger partial charge in [-0.3, -0.25) is 19.6 Å². The Balaban J connectivity index is 1.30. The van der Waals surface area contributed by atoms with Gasteiger partial charge in [-0.1, -0.05) is 47.5 Å². The molecule has 0 bridgehead atoms. The summed E-state index contributed by atoms with van der Waals surface area (Å²) in [6.45, 7) is 3.13. The molecule has 13 heteroatoms. The van der Waals surface area contributed by atoms with Crippen molar-refractivity contribution < 1.29 is 19.1 Å². The number of anilines is 1. The third-order valence-electron chi connectivity index (χ3n) is 7.46. The first kappa shape index (κ1) is 33.2. The van der Waals surface area contributed by atoms with E-state index in [1.54, 1.807) is 56.9 Å². The molecule has 2 amide bonds. The van der Waals surface area contributed by atoms with Crippen LogP contribution in [0.4, 0.5) is 5.69 Å². The normalized spacial score (nSPS) is 14.3. The largest absolute Gasteiger partial charge is 0.481 e. The molecular formula is C33H35Cl2N7O4. The van der Waals surface area contributed by atoms with Gasteiger partial charge in [0, 0.05) is 74.8 Å². The van der Waals surface area contributed by atoms with Crippen molar-refractivity contribution in [1.82, 2.24) is 30.9 Å². The average molecular weight is 665 g/mol. The van der Waals surface area contributed by atoms with Crippen LogP contribution in [0.2, 0.25) is 10.0 Å². The molecule has 0 saturated carbocycles. The molecule has 0 radical (unpaired) electrons. The number of ether oxygens (including phenoxy) is 2. The molecule has 1 aromatic carbocycles. The maximum absolute atomic E-state index is 13.0. The molecule has 0 aliphatic carbocycles. The Morgan fingerprint density at radius 1 is 1.00 bits per heavy atom. The first-order valence-electron chi connectivity index (χ1n) is 14.8. The van der Waals surface area contributed by atoms with Crippen LogP contribution in [0.25, 0.3) is 22.5 Å². The van der Waals surface area contributed by atoms with E-state index < -0.39 is 5.91 Å². The van der Waals surface area contributed by atoms with E-state index in [9.17, 15) is 9.59 Å². The fourth-order valence-electron chi connectivity index (χ4n) is 5.04. The summed E-state index contributed by atoms with van der Waals surface area (Å²) >= 11 is 13.7. The van der Waals surface area contributed by atoms with Crippen LogP contribution in [0, 0.1) is 0 Å². The van der Waals surface area contributed by atoms with Gasteiger partial charge in [-0.15, -0.1) is 0 Å². The number of hydrogen-bond donors (Lipinski definition) is 4. The van der Waals surface area contributed by atoms with E-state index in [2.05, 4.69) is 31.2 Å². The van der Waals surface area contributed by atoms with E-state index in [1.165, 1.54) is 0 Å². The molecule has 4 N–H and O–H groups in total. The van der Waals surface area contributed by atoms with E-state index >= 15 is 0 Å². The molecule has 1 fully saturated rings. The number of benzene rings is 1. The molecule has 3 aromatic heterocycles. The Labute approximate surface area is 277 Å². The van der Waals surface area contributed by atoms with Crippen LogP contribution in [0.1, 0.15) is 34.5 Å². The van der Waals surface area contributed by atoms with Crippen molar-refractivity contribution in [2.24, 2.45) is 0 Å². The van der Waals surface area contributed by atoms with Gasteiger partial charge in [0.25, 0.3) is 5.91 Å². The number of nitrogens with one attached hydrogen (secondary N) is 4. The van der Waals surface area contributed by atoms with E-state index in [0.717, 1.165) is 17.5 Å². The Bertz CT molecular complexity index is 1690. The maximum atomic E-state index is 13.0. The van der Waals surface area contributed by atoms with Gasteiger partial charge in [-0.05, 0) is 36.2 Å². The topological polar surface area (TPSA) is 139 Å². The van der Waals surface area contributed by atoms with Gasteiger partial charge in [-0.2, -0.15) is 0 Å². The van der Waals surface area contributed by atoms with Gasteiger partial charge >= 0.3 is 0 Å². The van der Waals surface area contributed by atoms with Gasteiger partial charge < -0.3 is 30.7 Å².